The van der Waals surface area contributed by atoms with Gasteiger partial charge in [0.25, 0.3) is 0 Å². The third-order valence-corrected chi connectivity index (χ3v) is 4.80. The van der Waals surface area contributed by atoms with Crippen molar-refractivity contribution >= 4 is 27.5 Å². The summed E-state index contributed by atoms with van der Waals surface area (Å²) in [6, 6.07) is 8.06. The molecule has 2 aromatic rings. The molecule has 1 aliphatic rings. The van der Waals surface area contributed by atoms with Crippen molar-refractivity contribution in [1.29, 1.82) is 0 Å². The van der Waals surface area contributed by atoms with E-state index in [-0.39, 0.29) is 11.8 Å². The number of halogens is 1. The van der Waals surface area contributed by atoms with Crippen LogP contribution in [0.4, 0.5) is 5.69 Å². The molecule has 1 fully saturated rings. The average molecular weight is 377 g/mol. The van der Waals surface area contributed by atoms with E-state index in [0.717, 1.165) is 36.2 Å². The molecule has 6 heteroatoms. The monoisotopic (exact) mass is 376 g/mol. The molecule has 0 saturated carbocycles. The van der Waals surface area contributed by atoms with Crippen molar-refractivity contribution in [3.05, 3.63) is 46.7 Å². The van der Waals surface area contributed by atoms with Crippen molar-refractivity contribution in [2.45, 2.75) is 19.9 Å². The molecule has 1 aliphatic heterocycles. The lowest BCUT2D eigenvalue weighted by Crippen LogP contribution is -2.48. The first-order valence-corrected chi connectivity index (χ1v) is 8.69. The SMILES string of the molecule is CC(C(=O)Nc1ccc(CCn2cc(Br)cn2)cc1)C1CNC1. The fourth-order valence-corrected chi connectivity index (χ4v) is 2.92. The van der Waals surface area contributed by atoms with Gasteiger partial charge < -0.3 is 10.6 Å². The zero-order valence-corrected chi connectivity index (χ0v) is 14.7. The minimum atomic E-state index is 0.0502. The van der Waals surface area contributed by atoms with Crippen LogP contribution in [-0.4, -0.2) is 28.8 Å². The Morgan fingerprint density at radius 3 is 2.74 bits per heavy atom. The second-order valence-electron chi connectivity index (χ2n) is 6.06. The summed E-state index contributed by atoms with van der Waals surface area (Å²) in [5.74, 6) is 0.613. The summed E-state index contributed by atoms with van der Waals surface area (Å²) >= 11 is 3.39. The fraction of sp³-hybridized carbons (Fsp3) is 0.412. The number of nitrogens with one attached hydrogen (secondary N) is 2. The van der Waals surface area contributed by atoms with Gasteiger partial charge in [-0.2, -0.15) is 5.10 Å². The molecule has 1 saturated heterocycles. The van der Waals surface area contributed by atoms with E-state index in [2.05, 4.69) is 43.8 Å². The van der Waals surface area contributed by atoms with E-state index in [0.29, 0.717) is 5.92 Å². The summed E-state index contributed by atoms with van der Waals surface area (Å²) in [5.41, 5.74) is 2.09. The van der Waals surface area contributed by atoms with Gasteiger partial charge in [0.2, 0.25) is 5.91 Å². The lowest BCUT2D eigenvalue weighted by atomic mass is 9.88. The molecule has 1 aromatic carbocycles. The van der Waals surface area contributed by atoms with Gasteiger partial charge in [-0.25, -0.2) is 0 Å². The van der Waals surface area contributed by atoms with Crippen molar-refractivity contribution in [3.63, 3.8) is 0 Å². The van der Waals surface area contributed by atoms with E-state index in [9.17, 15) is 4.79 Å². The molecule has 0 bridgehead atoms. The number of carbonyl (C=O) groups is 1. The number of benzene rings is 1. The number of carbonyl (C=O) groups excluding carboxylic acids is 1. The molecule has 2 heterocycles. The van der Waals surface area contributed by atoms with Gasteiger partial charge in [0, 0.05) is 24.3 Å². The number of amides is 1. The third-order valence-electron chi connectivity index (χ3n) is 4.39. The largest absolute Gasteiger partial charge is 0.326 e. The molecule has 1 unspecified atom stereocenters. The van der Waals surface area contributed by atoms with Crippen molar-refractivity contribution < 1.29 is 4.79 Å². The lowest BCUT2D eigenvalue weighted by molar-refractivity contribution is -0.121. The predicted molar refractivity (Wildman–Crippen MR) is 94.2 cm³/mol. The van der Waals surface area contributed by atoms with E-state index in [1.165, 1.54) is 5.56 Å². The summed E-state index contributed by atoms with van der Waals surface area (Å²) in [5, 5.41) is 10.5. The summed E-state index contributed by atoms with van der Waals surface area (Å²) in [6.45, 7) is 4.72. The van der Waals surface area contributed by atoms with Gasteiger partial charge in [0.1, 0.15) is 0 Å². The molecular weight excluding hydrogens is 356 g/mol. The van der Waals surface area contributed by atoms with Crippen LogP contribution in [0.3, 0.4) is 0 Å². The highest BCUT2D eigenvalue weighted by molar-refractivity contribution is 9.10. The average Bonchev–Trinajstić information content (AvgIpc) is 2.90. The normalized spacial score (nSPS) is 15.9. The smallest absolute Gasteiger partial charge is 0.227 e. The van der Waals surface area contributed by atoms with E-state index < -0.39 is 0 Å². The first-order valence-electron chi connectivity index (χ1n) is 7.90. The quantitative estimate of drug-likeness (QED) is 0.814. The molecule has 1 aromatic heterocycles. The second kappa shape index (κ2) is 7.27. The molecule has 5 nitrogen and oxygen atoms in total. The first-order chi connectivity index (χ1) is 11.1. The molecular formula is C17H21BrN4O. The van der Waals surface area contributed by atoms with Gasteiger partial charge in [0.15, 0.2) is 0 Å². The molecule has 1 amide bonds. The highest BCUT2D eigenvalue weighted by Crippen LogP contribution is 2.19. The maximum absolute atomic E-state index is 12.2. The standard InChI is InChI=1S/C17H21BrN4O/c1-12(14-8-19-9-14)17(23)21-16-4-2-13(3-5-16)6-7-22-11-15(18)10-20-22/h2-5,10-12,14,19H,6-9H2,1H3,(H,21,23). The van der Waals surface area contributed by atoms with Crippen molar-refractivity contribution in [1.82, 2.24) is 15.1 Å². The number of hydrogen-bond donors (Lipinski definition) is 2. The van der Waals surface area contributed by atoms with Gasteiger partial charge in [-0.3, -0.25) is 9.48 Å². The van der Waals surface area contributed by atoms with Crippen LogP contribution in [-0.2, 0) is 17.8 Å². The van der Waals surface area contributed by atoms with Crippen LogP contribution < -0.4 is 10.6 Å². The van der Waals surface area contributed by atoms with Crippen LogP contribution in [0.5, 0.6) is 0 Å². The third kappa shape index (κ3) is 4.20. The fourth-order valence-electron chi connectivity index (χ4n) is 2.59. The van der Waals surface area contributed by atoms with Crippen molar-refractivity contribution in [3.8, 4) is 0 Å². The van der Waals surface area contributed by atoms with E-state index in [1.54, 1.807) is 6.20 Å². The summed E-state index contributed by atoms with van der Waals surface area (Å²) in [6.07, 6.45) is 4.66. The van der Waals surface area contributed by atoms with Crippen LogP contribution in [0, 0.1) is 11.8 Å². The number of hydrogen-bond acceptors (Lipinski definition) is 3. The Morgan fingerprint density at radius 2 is 2.17 bits per heavy atom. The van der Waals surface area contributed by atoms with Gasteiger partial charge in [0.05, 0.1) is 10.7 Å². The number of rotatable bonds is 6. The molecule has 2 N–H and O–H groups in total. The van der Waals surface area contributed by atoms with Crippen LogP contribution in [0.15, 0.2) is 41.1 Å². The maximum atomic E-state index is 12.2. The second-order valence-corrected chi connectivity index (χ2v) is 6.98. The van der Waals surface area contributed by atoms with Crippen LogP contribution in [0.1, 0.15) is 12.5 Å². The first kappa shape index (κ1) is 16.2. The molecule has 3 rings (SSSR count). The van der Waals surface area contributed by atoms with Gasteiger partial charge in [-0.1, -0.05) is 19.1 Å². The van der Waals surface area contributed by atoms with Gasteiger partial charge in [-0.05, 0) is 59.1 Å². The van der Waals surface area contributed by atoms with Crippen molar-refractivity contribution in [2.75, 3.05) is 18.4 Å². The van der Waals surface area contributed by atoms with E-state index in [4.69, 9.17) is 0 Å². The zero-order chi connectivity index (χ0) is 16.2. The molecule has 1 atom stereocenters. The van der Waals surface area contributed by atoms with Crippen molar-refractivity contribution in [2.24, 2.45) is 11.8 Å². The number of aryl methyl sites for hydroxylation is 2. The van der Waals surface area contributed by atoms with E-state index in [1.807, 2.05) is 29.9 Å². The minimum absolute atomic E-state index is 0.0502. The number of aromatic nitrogens is 2. The topological polar surface area (TPSA) is 59.0 Å². The number of anilines is 1. The number of nitrogens with zero attached hydrogens (tertiary/aromatic N) is 2. The Hall–Kier alpha value is -1.66. The lowest BCUT2D eigenvalue weighted by Gasteiger charge is -2.31. The Bertz CT molecular complexity index is 663. The van der Waals surface area contributed by atoms with Gasteiger partial charge in [-0.15, -0.1) is 0 Å². The minimum Gasteiger partial charge on any atom is -0.326 e. The Labute approximate surface area is 144 Å². The summed E-state index contributed by atoms with van der Waals surface area (Å²) in [4.78, 5) is 12.2. The highest BCUT2D eigenvalue weighted by Gasteiger charge is 2.28. The highest BCUT2D eigenvalue weighted by atomic mass is 79.9. The maximum Gasteiger partial charge on any atom is 0.227 e. The van der Waals surface area contributed by atoms with E-state index >= 15 is 0 Å². The molecule has 122 valence electrons. The van der Waals surface area contributed by atoms with Crippen LogP contribution in [0.2, 0.25) is 0 Å². The summed E-state index contributed by atoms with van der Waals surface area (Å²) < 4.78 is 2.90. The van der Waals surface area contributed by atoms with Crippen LogP contribution in [0.25, 0.3) is 0 Å². The molecule has 0 radical (unpaired) electrons. The predicted octanol–water partition coefficient (Wildman–Crippen LogP) is 2.68. The molecule has 23 heavy (non-hydrogen) atoms. The Balaban J connectivity index is 1.51. The zero-order valence-electron chi connectivity index (χ0n) is 13.1. The van der Waals surface area contributed by atoms with Crippen LogP contribution >= 0.6 is 15.9 Å². The molecule has 0 spiro atoms. The van der Waals surface area contributed by atoms with Gasteiger partial charge >= 0.3 is 0 Å². The Kier molecular flexibility index (Phi) is 5.13. The summed E-state index contributed by atoms with van der Waals surface area (Å²) in [7, 11) is 0. The molecule has 0 aliphatic carbocycles. The Morgan fingerprint density at radius 1 is 1.43 bits per heavy atom.